The van der Waals surface area contributed by atoms with Gasteiger partial charge in [-0.05, 0) is 26.2 Å². The molecule has 0 unspecified atom stereocenters. The van der Waals surface area contributed by atoms with Crippen molar-refractivity contribution in [2.24, 2.45) is 0 Å². The molecule has 1 aliphatic carbocycles. The molecule has 0 bridgehead atoms. The van der Waals surface area contributed by atoms with Gasteiger partial charge in [-0.25, -0.2) is 9.18 Å². The second-order valence-corrected chi connectivity index (χ2v) is 5.62. The van der Waals surface area contributed by atoms with Crippen LogP contribution >= 0.6 is 0 Å². The minimum absolute atomic E-state index is 0.0235. The van der Waals surface area contributed by atoms with Crippen molar-refractivity contribution in [1.29, 1.82) is 0 Å². The molecule has 0 atom stereocenters. The summed E-state index contributed by atoms with van der Waals surface area (Å²) in [7, 11) is 0. The number of ether oxygens (including phenoxy) is 1. The summed E-state index contributed by atoms with van der Waals surface area (Å²) < 4.78 is 21.2. The molecule has 1 saturated carbocycles. The topological polar surface area (TPSA) is 87.3 Å². The second-order valence-electron chi connectivity index (χ2n) is 5.62. The van der Waals surface area contributed by atoms with Crippen LogP contribution in [0.15, 0.2) is 24.5 Å². The smallest absolute Gasteiger partial charge is 0.339 e. The summed E-state index contributed by atoms with van der Waals surface area (Å²) in [5.41, 5.74) is -0.288. The molecule has 2 aromatic rings. The van der Waals surface area contributed by atoms with E-state index in [1.807, 2.05) is 0 Å². The lowest BCUT2D eigenvalue weighted by atomic mass is 9.93. The van der Waals surface area contributed by atoms with Crippen molar-refractivity contribution in [2.45, 2.75) is 32.2 Å². The SMILES string of the molecule is CCOC(=O)c1cc([N+](=O)[O-])cc(F)c1-c1cnn(C2CCC2)c1. The summed E-state index contributed by atoms with van der Waals surface area (Å²) in [4.78, 5) is 22.3. The van der Waals surface area contributed by atoms with Crippen LogP contribution in [0.1, 0.15) is 42.6 Å². The highest BCUT2D eigenvalue weighted by molar-refractivity contribution is 5.98. The van der Waals surface area contributed by atoms with Gasteiger partial charge in [0.05, 0.1) is 35.4 Å². The van der Waals surface area contributed by atoms with Gasteiger partial charge in [0.2, 0.25) is 0 Å². The molecule has 3 rings (SSSR count). The van der Waals surface area contributed by atoms with Crippen molar-refractivity contribution in [3.05, 3.63) is 46.0 Å². The van der Waals surface area contributed by atoms with Crippen LogP contribution in [0.3, 0.4) is 0 Å². The minimum atomic E-state index is -0.847. The zero-order valence-corrected chi connectivity index (χ0v) is 13.1. The van der Waals surface area contributed by atoms with Gasteiger partial charge in [-0.1, -0.05) is 0 Å². The van der Waals surface area contributed by atoms with Gasteiger partial charge in [0.25, 0.3) is 5.69 Å². The average Bonchev–Trinajstić information content (AvgIpc) is 2.93. The Labute approximate surface area is 137 Å². The van der Waals surface area contributed by atoms with Gasteiger partial charge in [0, 0.05) is 23.4 Å². The maximum Gasteiger partial charge on any atom is 0.339 e. The van der Waals surface area contributed by atoms with Crippen molar-refractivity contribution in [2.75, 3.05) is 6.61 Å². The Kier molecular flexibility index (Phi) is 4.28. The molecule has 0 N–H and O–H groups in total. The van der Waals surface area contributed by atoms with Crippen LogP contribution in [0.4, 0.5) is 10.1 Å². The van der Waals surface area contributed by atoms with Crippen molar-refractivity contribution in [3.63, 3.8) is 0 Å². The number of halogens is 1. The Morgan fingerprint density at radius 3 is 2.83 bits per heavy atom. The number of benzene rings is 1. The number of carbonyl (C=O) groups excluding carboxylic acids is 1. The highest BCUT2D eigenvalue weighted by atomic mass is 19.1. The first-order chi connectivity index (χ1) is 11.5. The van der Waals surface area contributed by atoms with Gasteiger partial charge in [0.15, 0.2) is 0 Å². The summed E-state index contributed by atoms with van der Waals surface area (Å²) in [6.07, 6.45) is 6.27. The van der Waals surface area contributed by atoms with Crippen LogP contribution in [0.5, 0.6) is 0 Å². The molecule has 1 aromatic heterocycles. The summed E-state index contributed by atoms with van der Waals surface area (Å²) >= 11 is 0. The molecule has 8 heteroatoms. The fourth-order valence-electron chi connectivity index (χ4n) is 2.68. The maximum atomic E-state index is 14.5. The van der Waals surface area contributed by atoms with E-state index in [-0.39, 0.29) is 23.8 Å². The third-order valence-electron chi connectivity index (χ3n) is 4.12. The molecular formula is C16H16FN3O4. The number of hydrogen-bond acceptors (Lipinski definition) is 5. The third kappa shape index (κ3) is 2.86. The molecule has 0 radical (unpaired) electrons. The third-order valence-corrected chi connectivity index (χ3v) is 4.12. The van der Waals surface area contributed by atoms with E-state index in [1.54, 1.807) is 17.8 Å². The lowest BCUT2D eigenvalue weighted by Gasteiger charge is -2.25. The fourth-order valence-corrected chi connectivity index (χ4v) is 2.68. The number of non-ortho nitro benzene ring substituents is 1. The van der Waals surface area contributed by atoms with Gasteiger partial charge in [-0.15, -0.1) is 0 Å². The molecule has 7 nitrogen and oxygen atoms in total. The second kappa shape index (κ2) is 6.38. The number of nitro groups is 1. The summed E-state index contributed by atoms with van der Waals surface area (Å²) in [6, 6.07) is 2.13. The van der Waals surface area contributed by atoms with E-state index in [0.29, 0.717) is 5.56 Å². The number of esters is 1. The lowest BCUT2D eigenvalue weighted by Crippen LogP contribution is -2.17. The Hall–Kier alpha value is -2.77. The van der Waals surface area contributed by atoms with E-state index in [1.165, 1.54) is 6.20 Å². The monoisotopic (exact) mass is 333 g/mol. The first-order valence-electron chi connectivity index (χ1n) is 7.70. The van der Waals surface area contributed by atoms with Crippen molar-refractivity contribution in [3.8, 4) is 11.1 Å². The Balaban J connectivity index is 2.09. The summed E-state index contributed by atoms with van der Waals surface area (Å²) in [6.45, 7) is 1.70. The Morgan fingerprint density at radius 1 is 1.50 bits per heavy atom. The van der Waals surface area contributed by atoms with Crippen LogP contribution in [-0.2, 0) is 4.74 Å². The van der Waals surface area contributed by atoms with Gasteiger partial charge in [0.1, 0.15) is 5.82 Å². The molecule has 1 fully saturated rings. The Bertz CT molecular complexity index is 799. The van der Waals surface area contributed by atoms with Crippen LogP contribution < -0.4 is 0 Å². The predicted molar refractivity (Wildman–Crippen MR) is 83.1 cm³/mol. The minimum Gasteiger partial charge on any atom is -0.462 e. The molecule has 1 aromatic carbocycles. The van der Waals surface area contributed by atoms with Gasteiger partial charge in [-0.3, -0.25) is 14.8 Å². The molecule has 0 spiro atoms. The lowest BCUT2D eigenvalue weighted by molar-refractivity contribution is -0.385. The first kappa shape index (κ1) is 16.1. The summed E-state index contributed by atoms with van der Waals surface area (Å²) in [5.74, 6) is -1.65. The van der Waals surface area contributed by atoms with Gasteiger partial charge in [-0.2, -0.15) is 5.10 Å². The zero-order chi connectivity index (χ0) is 17.3. The molecule has 1 heterocycles. The normalized spacial score (nSPS) is 14.2. The molecular weight excluding hydrogens is 317 g/mol. The first-order valence-corrected chi connectivity index (χ1v) is 7.70. The maximum absolute atomic E-state index is 14.5. The quantitative estimate of drug-likeness (QED) is 0.475. The molecule has 1 aliphatic rings. The van der Waals surface area contributed by atoms with Gasteiger partial charge >= 0.3 is 5.97 Å². The van der Waals surface area contributed by atoms with Gasteiger partial charge < -0.3 is 4.74 Å². The van der Waals surface area contributed by atoms with E-state index in [4.69, 9.17) is 4.74 Å². The summed E-state index contributed by atoms with van der Waals surface area (Å²) in [5, 5.41) is 15.2. The van der Waals surface area contributed by atoms with Crippen molar-refractivity contribution in [1.82, 2.24) is 9.78 Å². The van der Waals surface area contributed by atoms with E-state index in [9.17, 15) is 19.3 Å². The zero-order valence-electron chi connectivity index (χ0n) is 13.1. The number of hydrogen-bond donors (Lipinski definition) is 0. The largest absolute Gasteiger partial charge is 0.462 e. The average molecular weight is 333 g/mol. The molecule has 126 valence electrons. The van der Waals surface area contributed by atoms with Crippen LogP contribution in [0.25, 0.3) is 11.1 Å². The van der Waals surface area contributed by atoms with Crippen LogP contribution in [-0.4, -0.2) is 27.3 Å². The standard InChI is InChI=1S/C16H16FN3O4/c1-2-24-16(21)13-6-12(20(22)23)7-14(17)15(13)10-8-18-19(9-10)11-4-3-5-11/h6-9,11H,2-5H2,1H3. The van der Waals surface area contributed by atoms with E-state index < -0.39 is 22.4 Å². The molecule has 24 heavy (non-hydrogen) atoms. The fraction of sp³-hybridized carbons (Fsp3) is 0.375. The predicted octanol–water partition coefficient (Wildman–Crippen LogP) is 3.50. The highest BCUT2D eigenvalue weighted by Crippen LogP contribution is 2.35. The van der Waals surface area contributed by atoms with E-state index in [2.05, 4.69) is 5.10 Å². The molecule has 0 amide bonds. The highest BCUT2D eigenvalue weighted by Gasteiger charge is 2.26. The molecule has 0 saturated heterocycles. The van der Waals surface area contributed by atoms with Crippen molar-refractivity contribution < 1.29 is 18.8 Å². The van der Waals surface area contributed by atoms with Crippen LogP contribution in [0, 0.1) is 15.9 Å². The van der Waals surface area contributed by atoms with Crippen molar-refractivity contribution >= 4 is 11.7 Å². The number of nitro benzene ring substituents is 1. The Morgan fingerprint density at radius 2 is 2.25 bits per heavy atom. The van der Waals surface area contributed by atoms with E-state index in [0.717, 1.165) is 31.4 Å². The number of aromatic nitrogens is 2. The van der Waals surface area contributed by atoms with Crippen LogP contribution in [0.2, 0.25) is 0 Å². The van der Waals surface area contributed by atoms with E-state index >= 15 is 0 Å². The number of nitrogens with zero attached hydrogens (tertiary/aromatic N) is 3. The molecule has 0 aliphatic heterocycles. The number of rotatable bonds is 5. The number of carbonyl (C=O) groups is 1.